The fourth-order valence-corrected chi connectivity index (χ4v) is 5.88. The first-order valence-electron chi connectivity index (χ1n) is 7.51. The van der Waals surface area contributed by atoms with E-state index < -0.39 is 17.6 Å². The molecule has 0 rings (SSSR count). The topological polar surface area (TPSA) is 67.4 Å². The lowest BCUT2D eigenvalue weighted by Crippen LogP contribution is -2.44. The molecule has 0 saturated heterocycles. The van der Waals surface area contributed by atoms with Gasteiger partial charge >= 0.3 is 17.6 Å². The fourth-order valence-electron chi connectivity index (χ4n) is 2.26. The summed E-state index contributed by atoms with van der Waals surface area (Å²) in [4.78, 5) is 0. The smallest absolute Gasteiger partial charge is 0.377 e. The Kier molecular flexibility index (Phi) is 11.7. The highest BCUT2D eigenvalue weighted by Crippen LogP contribution is 2.17. The Balaban J connectivity index is 4.02. The Bertz CT molecular complexity index is 261. The summed E-state index contributed by atoms with van der Waals surface area (Å²) in [5.74, 6) is 0. The molecule has 0 aliphatic carbocycles. The van der Waals surface area contributed by atoms with Crippen molar-refractivity contribution >= 4 is 17.6 Å². The maximum Gasteiger partial charge on any atom is 0.500 e. The monoisotopic (exact) mass is 355 g/mol. The van der Waals surface area contributed by atoms with Gasteiger partial charge in [0.1, 0.15) is 0 Å². The van der Waals surface area contributed by atoms with Crippen molar-refractivity contribution in [3.05, 3.63) is 0 Å². The van der Waals surface area contributed by atoms with E-state index in [9.17, 15) is 0 Å². The molecule has 0 heterocycles. The van der Waals surface area contributed by atoms with Crippen LogP contribution in [0.4, 0.5) is 0 Å². The number of hydrogen-bond donors (Lipinski definition) is 1. The molecule has 0 aromatic rings. The van der Waals surface area contributed by atoms with Gasteiger partial charge in [-0.15, -0.1) is 0 Å². The zero-order valence-electron chi connectivity index (χ0n) is 15.1. The van der Waals surface area contributed by atoms with Crippen molar-refractivity contribution in [2.24, 2.45) is 0 Å². The first-order chi connectivity index (χ1) is 10.5. The van der Waals surface area contributed by atoms with E-state index in [1.807, 2.05) is 0 Å². The van der Waals surface area contributed by atoms with Crippen LogP contribution >= 0.6 is 0 Å². The van der Waals surface area contributed by atoms with Gasteiger partial charge in [-0.1, -0.05) is 0 Å². The van der Waals surface area contributed by atoms with Crippen LogP contribution in [-0.2, 0) is 26.6 Å². The van der Waals surface area contributed by atoms with Crippen LogP contribution in [0.25, 0.3) is 0 Å². The molecule has 1 unspecified atom stereocenters. The lowest BCUT2D eigenvalue weighted by molar-refractivity contribution is 0.122. The van der Waals surface area contributed by atoms with Crippen molar-refractivity contribution in [1.82, 2.24) is 5.32 Å². The fraction of sp³-hybridized carbons (Fsp3) is 1.00. The van der Waals surface area contributed by atoms with E-state index >= 15 is 0 Å². The van der Waals surface area contributed by atoms with Crippen LogP contribution in [0, 0.1) is 0 Å². The summed E-state index contributed by atoms with van der Waals surface area (Å²) in [7, 11) is 4.92. The van der Waals surface area contributed by atoms with E-state index in [-0.39, 0.29) is 0 Å². The summed E-state index contributed by atoms with van der Waals surface area (Å²) < 4.78 is 32.5. The Hall–Kier alpha value is 0.154. The first-order valence-corrected chi connectivity index (χ1v) is 11.4. The van der Waals surface area contributed by atoms with E-state index in [0.29, 0.717) is 6.04 Å². The minimum Gasteiger partial charge on any atom is -0.377 e. The van der Waals surface area contributed by atoms with E-state index in [1.165, 1.54) is 0 Å². The Morgan fingerprint density at radius 2 is 1.14 bits per heavy atom. The van der Waals surface area contributed by atoms with E-state index in [2.05, 4.69) is 12.2 Å². The average Bonchev–Trinajstić information content (AvgIpc) is 2.57. The molecular weight excluding hydrogens is 322 g/mol. The van der Waals surface area contributed by atoms with Gasteiger partial charge in [-0.25, -0.2) is 0 Å². The molecule has 0 fully saturated rings. The predicted octanol–water partition coefficient (Wildman–Crippen LogP) is 1.50. The van der Waals surface area contributed by atoms with Crippen LogP contribution in [-0.4, -0.2) is 72.9 Å². The molecule has 7 nitrogen and oxygen atoms in total. The zero-order chi connectivity index (χ0) is 17.1. The quantitative estimate of drug-likeness (QED) is 0.374. The van der Waals surface area contributed by atoms with Gasteiger partial charge in [0.2, 0.25) is 0 Å². The summed E-state index contributed by atoms with van der Waals surface area (Å²) in [6.45, 7) is 3.03. The van der Waals surface area contributed by atoms with E-state index in [0.717, 1.165) is 31.5 Å². The SMILES string of the molecule is CO[Si](CCCNC(C)CC[Si](OC)(OC)OC)(OC)OC. The van der Waals surface area contributed by atoms with Crippen LogP contribution in [0.2, 0.25) is 12.1 Å². The highest BCUT2D eigenvalue weighted by Gasteiger charge is 2.38. The third-order valence-corrected chi connectivity index (χ3v) is 9.50. The van der Waals surface area contributed by atoms with Crippen molar-refractivity contribution in [3.8, 4) is 0 Å². The molecule has 0 aliphatic heterocycles. The summed E-state index contributed by atoms with van der Waals surface area (Å²) in [6, 6.07) is 1.94. The second-order valence-corrected chi connectivity index (χ2v) is 11.3. The Labute approximate surface area is 137 Å². The number of nitrogens with one attached hydrogen (secondary N) is 1. The molecular formula is C13H33NO6Si2. The molecule has 0 bridgehead atoms. The van der Waals surface area contributed by atoms with E-state index in [4.69, 9.17) is 26.6 Å². The number of hydrogen-bond acceptors (Lipinski definition) is 7. The van der Waals surface area contributed by atoms with Crippen LogP contribution in [0.5, 0.6) is 0 Å². The standard InChI is InChI=1S/C13H33NO6Si2/c1-13(9-12-22(18-5,19-6)20-7)14-10-8-11-21(15-2,16-3)17-4/h13-14H,8-12H2,1-7H3. The highest BCUT2D eigenvalue weighted by molar-refractivity contribution is 6.60. The Morgan fingerprint density at radius 3 is 1.55 bits per heavy atom. The zero-order valence-corrected chi connectivity index (χ0v) is 17.1. The molecule has 0 aromatic heterocycles. The highest BCUT2D eigenvalue weighted by atomic mass is 28.4. The molecule has 0 aliphatic rings. The largest absolute Gasteiger partial charge is 0.500 e. The van der Waals surface area contributed by atoms with Crippen LogP contribution in [0.15, 0.2) is 0 Å². The molecule has 134 valence electrons. The molecule has 9 heteroatoms. The van der Waals surface area contributed by atoms with Gasteiger partial charge in [0.15, 0.2) is 0 Å². The minimum atomic E-state index is -2.47. The second-order valence-electron chi connectivity index (χ2n) is 5.09. The lowest BCUT2D eigenvalue weighted by Gasteiger charge is -2.26. The summed E-state index contributed by atoms with van der Waals surface area (Å²) in [6.07, 6.45) is 1.87. The van der Waals surface area contributed by atoms with Gasteiger partial charge < -0.3 is 31.9 Å². The predicted molar refractivity (Wildman–Crippen MR) is 89.9 cm³/mol. The van der Waals surface area contributed by atoms with Gasteiger partial charge in [-0.2, -0.15) is 0 Å². The summed E-state index contributed by atoms with van der Waals surface area (Å²) in [5.41, 5.74) is 0. The molecule has 0 radical (unpaired) electrons. The third-order valence-electron chi connectivity index (χ3n) is 3.90. The minimum absolute atomic E-state index is 0.357. The van der Waals surface area contributed by atoms with Crippen molar-refractivity contribution < 1.29 is 26.6 Å². The van der Waals surface area contributed by atoms with Crippen LogP contribution in [0.3, 0.4) is 0 Å². The van der Waals surface area contributed by atoms with E-state index in [1.54, 1.807) is 42.7 Å². The molecule has 0 spiro atoms. The van der Waals surface area contributed by atoms with Crippen LogP contribution in [0.1, 0.15) is 19.8 Å². The molecule has 0 saturated carbocycles. The first kappa shape index (κ1) is 22.2. The normalized spacial score (nSPS) is 14.3. The molecule has 1 N–H and O–H groups in total. The molecule has 22 heavy (non-hydrogen) atoms. The van der Waals surface area contributed by atoms with Crippen LogP contribution < -0.4 is 5.32 Å². The van der Waals surface area contributed by atoms with Crippen molar-refractivity contribution in [2.75, 3.05) is 49.2 Å². The molecule has 1 atom stereocenters. The van der Waals surface area contributed by atoms with Gasteiger partial charge in [0.05, 0.1) is 0 Å². The number of rotatable bonds is 14. The maximum absolute atomic E-state index is 5.42. The Morgan fingerprint density at radius 1 is 0.727 bits per heavy atom. The summed E-state index contributed by atoms with van der Waals surface area (Å²) in [5, 5.41) is 3.48. The average molecular weight is 356 g/mol. The lowest BCUT2D eigenvalue weighted by atomic mass is 10.2. The third kappa shape index (κ3) is 7.15. The maximum atomic E-state index is 5.42. The molecule has 0 aromatic carbocycles. The van der Waals surface area contributed by atoms with Crippen molar-refractivity contribution in [1.29, 1.82) is 0 Å². The van der Waals surface area contributed by atoms with Gasteiger partial charge in [0.25, 0.3) is 0 Å². The molecule has 0 amide bonds. The van der Waals surface area contributed by atoms with Gasteiger partial charge in [-0.3, -0.25) is 0 Å². The van der Waals surface area contributed by atoms with Gasteiger partial charge in [0, 0.05) is 60.8 Å². The van der Waals surface area contributed by atoms with Crippen molar-refractivity contribution in [2.45, 2.75) is 37.9 Å². The van der Waals surface area contributed by atoms with Crippen molar-refractivity contribution in [3.63, 3.8) is 0 Å². The second kappa shape index (κ2) is 11.7. The van der Waals surface area contributed by atoms with Gasteiger partial charge in [-0.05, 0) is 26.3 Å². The summed E-state index contributed by atoms with van der Waals surface area (Å²) >= 11 is 0.